The fraction of sp³-hybridized carbons (Fsp3) is 0. The van der Waals surface area contributed by atoms with E-state index in [2.05, 4.69) is 179 Å². The molecule has 0 aliphatic carbocycles. The molecular formula is C48H30N2O. The zero-order chi connectivity index (χ0) is 33.5. The molecule has 11 aromatic rings. The third-order valence-corrected chi connectivity index (χ3v) is 10.5. The average molecular weight is 651 g/mol. The lowest BCUT2D eigenvalue weighted by molar-refractivity contribution is 0.670. The molecule has 0 aliphatic heterocycles. The van der Waals surface area contributed by atoms with E-state index >= 15 is 0 Å². The molecule has 238 valence electrons. The fourth-order valence-corrected chi connectivity index (χ4v) is 8.19. The first kappa shape index (κ1) is 28.0. The summed E-state index contributed by atoms with van der Waals surface area (Å²) in [5, 5.41) is 7.23. The summed E-state index contributed by atoms with van der Waals surface area (Å²) in [5.41, 5.74) is 13.5. The number of nitrogens with zero attached hydrogens (tertiary/aromatic N) is 2. The number of benzene rings is 8. The Labute approximate surface area is 293 Å². The second-order valence-electron chi connectivity index (χ2n) is 13.3. The summed E-state index contributed by atoms with van der Waals surface area (Å²) in [6, 6.07) is 65.5. The number of rotatable bonds is 4. The van der Waals surface area contributed by atoms with E-state index in [0.29, 0.717) is 0 Å². The molecule has 0 bridgehead atoms. The average Bonchev–Trinajstić information content (AvgIpc) is 3.85. The SMILES string of the molecule is c1ccc(-c2ccc3c4cc5c(cc4n(-c4ccc(-c6cccc7c6oc6ccccc67)cc4)c3c2)c2ccccc2n5-c2ccccc2)cc1. The number of para-hydroxylation sites is 4. The van der Waals surface area contributed by atoms with E-state index in [4.69, 9.17) is 4.42 Å². The molecule has 0 saturated carbocycles. The minimum Gasteiger partial charge on any atom is -0.455 e. The molecule has 0 aliphatic rings. The number of hydrogen-bond acceptors (Lipinski definition) is 1. The maximum atomic E-state index is 6.41. The van der Waals surface area contributed by atoms with Crippen molar-refractivity contribution in [2.75, 3.05) is 0 Å². The van der Waals surface area contributed by atoms with Crippen LogP contribution in [0.1, 0.15) is 0 Å². The third-order valence-electron chi connectivity index (χ3n) is 10.5. The van der Waals surface area contributed by atoms with Gasteiger partial charge in [-0.2, -0.15) is 0 Å². The van der Waals surface area contributed by atoms with Gasteiger partial charge in [-0.15, -0.1) is 0 Å². The first-order valence-electron chi connectivity index (χ1n) is 17.4. The van der Waals surface area contributed by atoms with Crippen LogP contribution in [0.25, 0.3) is 99.2 Å². The van der Waals surface area contributed by atoms with E-state index < -0.39 is 0 Å². The monoisotopic (exact) mass is 650 g/mol. The summed E-state index contributed by atoms with van der Waals surface area (Å²) in [7, 11) is 0. The molecule has 0 saturated heterocycles. The van der Waals surface area contributed by atoms with Crippen LogP contribution in [0.3, 0.4) is 0 Å². The molecule has 0 N–H and O–H groups in total. The van der Waals surface area contributed by atoms with Gasteiger partial charge < -0.3 is 13.6 Å². The van der Waals surface area contributed by atoms with Gasteiger partial charge in [0, 0.05) is 49.3 Å². The second kappa shape index (κ2) is 10.8. The van der Waals surface area contributed by atoms with Crippen molar-refractivity contribution >= 4 is 65.6 Å². The summed E-state index contributed by atoms with van der Waals surface area (Å²) < 4.78 is 11.3. The Morgan fingerprint density at radius 2 is 0.882 bits per heavy atom. The summed E-state index contributed by atoms with van der Waals surface area (Å²) >= 11 is 0. The van der Waals surface area contributed by atoms with Gasteiger partial charge in [-0.25, -0.2) is 0 Å². The van der Waals surface area contributed by atoms with E-state index in [1.54, 1.807) is 0 Å². The van der Waals surface area contributed by atoms with Crippen LogP contribution in [-0.4, -0.2) is 9.13 Å². The Morgan fingerprint density at radius 3 is 1.67 bits per heavy atom. The highest BCUT2D eigenvalue weighted by Crippen LogP contribution is 2.41. The van der Waals surface area contributed by atoms with E-state index in [-0.39, 0.29) is 0 Å². The molecule has 51 heavy (non-hydrogen) atoms. The van der Waals surface area contributed by atoms with Crippen molar-refractivity contribution in [3.63, 3.8) is 0 Å². The molecule has 11 rings (SSSR count). The normalized spacial score (nSPS) is 11.9. The van der Waals surface area contributed by atoms with Crippen molar-refractivity contribution < 1.29 is 4.42 Å². The Kier molecular flexibility index (Phi) is 5.96. The van der Waals surface area contributed by atoms with Crippen LogP contribution in [0.4, 0.5) is 0 Å². The van der Waals surface area contributed by atoms with Gasteiger partial charge in [0.25, 0.3) is 0 Å². The molecule has 0 fully saturated rings. The van der Waals surface area contributed by atoms with Gasteiger partial charge in [0.2, 0.25) is 0 Å². The van der Waals surface area contributed by atoms with Gasteiger partial charge in [-0.05, 0) is 71.3 Å². The molecule has 3 nitrogen and oxygen atoms in total. The Balaban J connectivity index is 1.17. The van der Waals surface area contributed by atoms with Crippen molar-refractivity contribution in [2.24, 2.45) is 0 Å². The molecule has 3 heterocycles. The zero-order valence-corrected chi connectivity index (χ0v) is 27.6. The van der Waals surface area contributed by atoms with E-state index in [1.807, 2.05) is 12.1 Å². The quantitative estimate of drug-likeness (QED) is 0.186. The summed E-state index contributed by atoms with van der Waals surface area (Å²) in [4.78, 5) is 0. The molecule has 0 spiro atoms. The van der Waals surface area contributed by atoms with Crippen LogP contribution < -0.4 is 0 Å². The first-order valence-corrected chi connectivity index (χ1v) is 17.4. The molecule has 0 unspecified atom stereocenters. The molecular weight excluding hydrogens is 621 g/mol. The van der Waals surface area contributed by atoms with Crippen LogP contribution in [-0.2, 0) is 0 Å². The largest absolute Gasteiger partial charge is 0.455 e. The predicted octanol–water partition coefficient (Wildman–Crippen LogP) is 13.1. The Morgan fingerprint density at radius 1 is 0.314 bits per heavy atom. The molecule has 0 atom stereocenters. The van der Waals surface area contributed by atoms with Gasteiger partial charge in [-0.3, -0.25) is 0 Å². The van der Waals surface area contributed by atoms with Crippen LogP contribution in [0.5, 0.6) is 0 Å². The van der Waals surface area contributed by atoms with Gasteiger partial charge in [0.15, 0.2) is 0 Å². The van der Waals surface area contributed by atoms with Crippen molar-refractivity contribution in [1.29, 1.82) is 0 Å². The fourth-order valence-electron chi connectivity index (χ4n) is 8.19. The van der Waals surface area contributed by atoms with E-state index in [9.17, 15) is 0 Å². The van der Waals surface area contributed by atoms with Gasteiger partial charge in [0.1, 0.15) is 11.2 Å². The van der Waals surface area contributed by atoms with Crippen molar-refractivity contribution in [2.45, 2.75) is 0 Å². The number of hydrogen-bond donors (Lipinski definition) is 0. The van der Waals surface area contributed by atoms with Gasteiger partial charge in [-0.1, -0.05) is 127 Å². The molecule has 3 heteroatoms. The highest BCUT2D eigenvalue weighted by molar-refractivity contribution is 6.19. The van der Waals surface area contributed by atoms with Crippen molar-refractivity contribution in [3.05, 3.63) is 182 Å². The predicted molar refractivity (Wildman–Crippen MR) is 213 cm³/mol. The van der Waals surface area contributed by atoms with Crippen LogP contribution in [0.15, 0.2) is 186 Å². The zero-order valence-electron chi connectivity index (χ0n) is 27.6. The lowest BCUT2D eigenvalue weighted by atomic mass is 10.0. The number of aromatic nitrogens is 2. The molecule has 3 aromatic heterocycles. The lowest BCUT2D eigenvalue weighted by Crippen LogP contribution is -1.95. The van der Waals surface area contributed by atoms with Crippen LogP contribution >= 0.6 is 0 Å². The van der Waals surface area contributed by atoms with Gasteiger partial charge >= 0.3 is 0 Å². The third kappa shape index (κ3) is 4.19. The maximum absolute atomic E-state index is 6.41. The summed E-state index contributed by atoms with van der Waals surface area (Å²) in [6.45, 7) is 0. The number of furan rings is 1. The minimum atomic E-state index is 0.913. The standard InChI is InChI=1S/C48H30N2O/c1-3-12-31(13-4-1)33-24-27-38-42-30-45-41(37-16-7-9-20-43(37)49(45)34-14-5-2-6-15-34)29-46(42)50(44(38)28-33)35-25-22-32(23-26-35)36-18-11-19-40-39-17-8-10-21-47(39)51-48(36)40/h1-30H. The molecule has 0 amide bonds. The topological polar surface area (TPSA) is 23.0 Å². The number of fused-ring (bicyclic) bond motifs is 9. The Hall–Kier alpha value is -6.84. The van der Waals surface area contributed by atoms with Gasteiger partial charge in [0.05, 0.1) is 22.1 Å². The first-order chi connectivity index (χ1) is 25.3. The highest BCUT2D eigenvalue weighted by Gasteiger charge is 2.19. The van der Waals surface area contributed by atoms with E-state index in [1.165, 1.54) is 54.7 Å². The highest BCUT2D eigenvalue weighted by atomic mass is 16.3. The van der Waals surface area contributed by atoms with Crippen LogP contribution in [0, 0.1) is 0 Å². The molecule has 8 aromatic carbocycles. The summed E-state index contributed by atoms with van der Waals surface area (Å²) in [6.07, 6.45) is 0. The van der Waals surface area contributed by atoms with Crippen LogP contribution in [0.2, 0.25) is 0 Å². The molecule has 0 radical (unpaired) electrons. The van der Waals surface area contributed by atoms with E-state index in [0.717, 1.165) is 44.4 Å². The maximum Gasteiger partial charge on any atom is 0.143 e. The second-order valence-corrected chi connectivity index (χ2v) is 13.3. The Bertz CT molecular complexity index is 3110. The van der Waals surface area contributed by atoms with Crippen molar-refractivity contribution in [3.8, 4) is 33.6 Å². The lowest BCUT2D eigenvalue weighted by Gasteiger charge is -2.11. The minimum absolute atomic E-state index is 0.913. The van der Waals surface area contributed by atoms with Crippen molar-refractivity contribution in [1.82, 2.24) is 9.13 Å². The smallest absolute Gasteiger partial charge is 0.143 e. The summed E-state index contributed by atoms with van der Waals surface area (Å²) in [5.74, 6) is 0.